The summed E-state index contributed by atoms with van der Waals surface area (Å²) in [5.74, 6) is 2.94. The maximum atomic E-state index is 13.1. The van der Waals surface area contributed by atoms with Gasteiger partial charge >= 0.3 is 6.03 Å². The predicted octanol–water partition coefficient (Wildman–Crippen LogP) is 3.08. The van der Waals surface area contributed by atoms with Crippen molar-refractivity contribution in [2.24, 2.45) is 29.4 Å². The topological polar surface area (TPSA) is 84.2 Å². The molecule has 5 aliphatic rings. The highest BCUT2D eigenvalue weighted by Gasteiger charge is 2.51. The van der Waals surface area contributed by atoms with Gasteiger partial charge in [-0.25, -0.2) is 4.79 Å². The van der Waals surface area contributed by atoms with Crippen LogP contribution in [0.25, 0.3) is 0 Å². The Morgan fingerprint density at radius 1 is 0.960 bits per heavy atom. The summed E-state index contributed by atoms with van der Waals surface area (Å²) in [5.41, 5.74) is 5.36. The number of amides is 3. The molecular weight excluding hydrogens is 314 g/mol. The van der Waals surface area contributed by atoms with Crippen LogP contribution in [0.2, 0.25) is 0 Å². The molecule has 4 N–H and O–H groups in total. The molecule has 5 rings (SSSR count). The second kappa shape index (κ2) is 6.81. The van der Waals surface area contributed by atoms with Crippen LogP contribution in [0.4, 0.5) is 4.79 Å². The fraction of sp³-hybridized carbons (Fsp3) is 0.900. The molecule has 5 nitrogen and oxygen atoms in total. The molecule has 3 amide bonds. The lowest BCUT2D eigenvalue weighted by Crippen LogP contribution is -2.63. The fourth-order valence-corrected chi connectivity index (χ4v) is 6.77. The molecule has 5 heteroatoms. The monoisotopic (exact) mass is 347 g/mol. The molecule has 0 radical (unpaired) electrons. The summed E-state index contributed by atoms with van der Waals surface area (Å²) in [6, 6.07) is -1.05. The third-order valence-corrected chi connectivity index (χ3v) is 7.35. The van der Waals surface area contributed by atoms with Crippen molar-refractivity contribution in [1.29, 1.82) is 0 Å². The largest absolute Gasteiger partial charge is 0.352 e. The van der Waals surface area contributed by atoms with Gasteiger partial charge in [0.1, 0.15) is 6.04 Å². The van der Waals surface area contributed by atoms with Gasteiger partial charge in [-0.1, -0.05) is 32.1 Å². The van der Waals surface area contributed by atoms with E-state index in [1.54, 1.807) is 0 Å². The Morgan fingerprint density at radius 2 is 1.52 bits per heavy atom. The summed E-state index contributed by atoms with van der Waals surface area (Å²) in [6.45, 7) is 0. The minimum Gasteiger partial charge on any atom is -0.352 e. The second-order valence-corrected chi connectivity index (χ2v) is 9.49. The molecule has 5 saturated carbocycles. The van der Waals surface area contributed by atoms with Gasteiger partial charge in [0.15, 0.2) is 0 Å². The molecule has 0 aromatic rings. The number of urea groups is 1. The van der Waals surface area contributed by atoms with E-state index < -0.39 is 12.1 Å². The highest BCUT2D eigenvalue weighted by molar-refractivity contribution is 5.87. The van der Waals surface area contributed by atoms with Crippen LogP contribution in [0.1, 0.15) is 77.0 Å². The Labute approximate surface area is 150 Å². The molecule has 5 aliphatic carbocycles. The maximum Gasteiger partial charge on any atom is 0.312 e. The molecule has 1 atom stereocenters. The van der Waals surface area contributed by atoms with Crippen LogP contribution >= 0.6 is 0 Å². The van der Waals surface area contributed by atoms with Crippen molar-refractivity contribution in [3.05, 3.63) is 0 Å². The molecule has 5 fully saturated rings. The molecule has 0 aromatic heterocycles. The molecule has 0 aliphatic heterocycles. The quantitative estimate of drug-likeness (QED) is 0.714. The SMILES string of the molecule is NC(=O)N[C@H](CC1CCCCC1)C(=O)NC12CC3CC(CC(C3)C1)C2. The first kappa shape index (κ1) is 17.2. The lowest BCUT2D eigenvalue weighted by atomic mass is 9.53. The van der Waals surface area contributed by atoms with E-state index in [4.69, 9.17) is 5.73 Å². The average molecular weight is 348 g/mol. The highest BCUT2D eigenvalue weighted by atomic mass is 16.2. The van der Waals surface area contributed by atoms with Crippen LogP contribution in [-0.2, 0) is 4.79 Å². The molecule has 0 spiro atoms. The van der Waals surface area contributed by atoms with Gasteiger partial charge in [0.2, 0.25) is 5.91 Å². The molecular formula is C20H33N3O2. The number of hydrogen-bond donors (Lipinski definition) is 3. The van der Waals surface area contributed by atoms with E-state index >= 15 is 0 Å². The van der Waals surface area contributed by atoms with Gasteiger partial charge < -0.3 is 16.4 Å². The van der Waals surface area contributed by atoms with Crippen molar-refractivity contribution in [3.8, 4) is 0 Å². The lowest BCUT2D eigenvalue weighted by Gasteiger charge is -2.57. The van der Waals surface area contributed by atoms with Crippen LogP contribution in [0.3, 0.4) is 0 Å². The first-order valence-corrected chi connectivity index (χ1v) is 10.4. The van der Waals surface area contributed by atoms with E-state index in [1.807, 2.05) is 0 Å². The average Bonchev–Trinajstić information content (AvgIpc) is 2.53. The maximum absolute atomic E-state index is 13.1. The van der Waals surface area contributed by atoms with Gasteiger partial charge in [-0.05, 0) is 68.6 Å². The minimum absolute atomic E-state index is 0.00399. The van der Waals surface area contributed by atoms with Gasteiger partial charge in [-0.2, -0.15) is 0 Å². The summed E-state index contributed by atoms with van der Waals surface area (Å²) >= 11 is 0. The van der Waals surface area contributed by atoms with Crippen LogP contribution in [0, 0.1) is 23.7 Å². The van der Waals surface area contributed by atoms with E-state index in [0.717, 1.165) is 43.4 Å². The lowest BCUT2D eigenvalue weighted by molar-refractivity contribution is -0.129. The van der Waals surface area contributed by atoms with Gasteiger partial charge in [0.05, 0.1) is 0 Å². The van der Waals surface area contributed by atoms with Crippen molar-refractivity contribution in [2.75, 3.05) is 0 Å². The summed E-state index contributed by atoms with van der Waals surface area (Å²) in [6.07, 6.45) is 14.3. The fourth-order valence-electron chi connectivity index (χ4n) is 6.77. The summed E-state index contributed by atoms with van der Waals surface area (Å²) in [7, 11) is 0. The smallest absolute Gasteiger partial charge is 0.312 e. The zero-order valence-corrected chi connectivity index (χ0v) is 15.3. The highest BCUT2D eigenvalue weighted by Crippen LogP contribution is 2.55. The molecule has 0 heterocycles. The van der Waals surface area contributed by atoms with Crippen molar-refractivity contribution in [2.45, 2.75) is 88.6 Å². The Bertz CT molecular complexity index is 492. The molecule has 0 aromatic carbocycles. The molecule has 4 bridgehead atoms. The first-order chi connectivity index (χ1) is 12.0. The molecule has 25 heavy (non-hydrogen) atoms. The van der Waals surface area contributed by atoms with Crippen molar-refractivity contribution in [3.63, 3.8) is 0 Å². The van der Waals surface area contributed by atoms with Gasteiger partial charge in [0, 0.05) is 5.54 Å². The minimum atomic E-state index is -0.582. The van der Waals surface area contributed by atoms with E-state index in [-0.39, 0.29) is 11.4 Å². The van der Waals surface area contributed by atoms with Crippen LogP contribution in [0.15, 0.2) is 0 Å². The summed E-state index contributed by atoms with van der Waals surface area (Å²) in [4.78, 5) is 24.5. The normalized spacial score (nSPS) is 38.3. The Morgan fingerprint density at radius 3 is 2.04 bits per heavy atom. The van der Waals surface area contributed by atoms with Crippen LogP contribution in [-0.4, -0.2) is 23.5 Å². The van der Waals surface area contributed by atoms with E-state index in [1.165, 1.54) is 51.4 Å². The number of primary amides is 1. The third kappa shape index (κ3) is 3.80. The number of rotatable bonds is 5. The number of carbonyl (C=O) groups is 2. The van der Waals surface area contributed by atoms with Crippen LogP contribution < -0.4 is 16.4 Å². The predicted molar refractivity (Wildman–Crippen MR) is 96.7 cm³/mol. The number of nitrogens with one attached hydrogen (secondary N) is 2. The first-order valence-electron chi connectivity index (χ1n) is 10.4. The molecule has 140 valence electrons. The van der Waals surface area contributed by atoms with Crippen molar-refractivity contribution < 1.29 is 9.59 Å². The summed E-state index contributed by atoms with van der Waals surface area (Å²) in [5, 5.41) is 6.15. The van der Waals surface area contributed by atoms with E-state index in [2.05, 4.69) is 10.6 Å². The zero-order chi connectivity index (χ0) is 17.4. The van der Waals surface area contributed by atoms with E-state index in [9.17, 15) is 9.59 Å². The molecule has 0 unspecified atom stereocenters. The Balaban J connectivity index is 1.42. The second-order valence-electron chi connectivity index (χ2n) is 9.49. The van der Waals surface area contributed by atoms with Crippen LogP contribution in [0.5, 0.6) is 0 Å². The Hall–Kier alpha value is -1.26. The van der Waals surface area contributed by atoms with Gasteiger partial charge in [-0.3, -0.25) is 4.79 Å². The molecule has 0 saturated heterocycles. The zero-order valence-electron chi connectivity index (χ0n) is 15.3. The summed E-state index contributed by atoms with van der Waals surface area (Å²) < 4.78 is 0. The van der Waals surface area contributed by atoms with Gasteiger partial charge in [-0.15, -0.1) is 0 Å². The Kier molecular flexibility index (Phi) is 4.67. The van der Waals surface area contributed by atoms with Gasteiger partial charge in [0.25, 0.3) is 0 Å². The number of nitrogens with two attached hydrogens (primary N) is 1. The third-order valence-electron chi connectivity index (χ3n) is 7.35. The number of carbonyl (C=O) groups excluding carboxylic acids is 2. The van der Waals surface area contributed by atoms with E-state index in [0.29, 0.717) is 5.92 Å². The van der Waals surface area contributed by atoms with Crippen molar-refractivity contribution in [1.82, 2.24) is 10.6 Å². The van der Waals surface area contributed by atoms with Crippen molar-refractivity contribution >= 4 is 11.9 Å². The number of hydrogen-bond acceptors (Lipinski definition) is 2. The standard InChI is InChI=1S/C20H33N3O2/c21-19(25)22-17(9-13-4-2-1-3-5-13)18(24)23-20-10-14-6-15(11-20)8-16(7-14)12-20/h13-17H,1-12H2,(H,23,24)(H3,21,22,25)/t14?,15?,16?,17-,20?/m1/s1.